The van der Waals surface area contributed by atoms with Crippen LogP contribution in [0.5, 0.6) is 5.75 Å². The third kappa shape index (κ3) is 3.89. The highest BCUT2D eigenvalue weighted by Crippen LogP contribution is 2.19. The van der Waals surface area contributed by atoms with Gasteiger partial charge in [0.2, 0.25) is 5.13 Å². The van der Waals surface area contributed by atoms with Gasteiger partial charge in [-0.15, -0.1) is 16.8 Å². The molecule has 104 valence electrons. The molecule has 0 aliphatic rings. The molecule has 5 nitrogen and oxygen atoms in total. The minimum Gasteiger partial charge on any atom is -0.483 e. The third-order valence-corrected chi connectivity index (χ3v) is 3.22. The summed E-state index contributed by atoms with van der Waals surface area (Å²) in [5, 5.41) is 11.6. The van der Waals surface area contributed by atoms with Gasteiger partial charge in [-0.05, 0) is 25.0 Å². The van der Waals surface area contributed by atoms with Crippen molar-refractivity contribution in [3.8, 4) is 5.75 Å². The van der Waals surface area contributed by atoms with Crippen LogP contribution in [0.25, 0.3) is 0 Å². The van der Waals surface area contributed by atoms with E-state index in [1.807, 2.05) is 31.2 Å². The summed E-state index contributed by atoms with van der Waals surface area (Å²) in [5.41, 5.74) is 1.00. The van der Waals surface area contributed by atoms with Crippen molar-refractivity contribution >= 4 is 22.4 Å². The number of hydrogen-bond acceptors (Lipinski definition) is 5. The molecular weight excluding hydrogens is 274 g/mol. The molecule has 1 amide bonds. The standard InChI is InChI=1S/C14H15N3O2S/c1-3-6-11-7-4-5-8-12(11)19-9-13(18)15-14-17-16-10(2)20-14/h3-5,7-8H,1,6,9H2,2H3,(H,15,17,18). The fourth-order valence-corrected chi connectivity index (χ4v) is 2.22. The number of allylic oxidation sites excluding steroid dienone is 1. The molecule has 0 bridgehead atoms. The number of para-hydroxylation sites is 1. The molecule has 0 saturated heterocycles. The van der Waals surface area contributed by atoms with Gasteiger partial charge in [-0.2, -0.15) is 0 Å². The van der Waals surface area contributed by atoms with Gasteiger partial charge in [0, 0.05) is 0 Å². The van der Waals surface area contributed by atoms with Gasteiger partial charge in [-0.3, -0.25) is 10.1 Å². The zero-order chi connectivity index (χ0) is 14.4. The summed E-state index contributed by atoms with van der Waals surface area (Å²) >= 11 is 1.33. The van der Waals surface area contributed by atoms with Crippen LogP contribution in [-0.2, 0) is 11.2 Å². The minimum atomic E-state index is -0.255. The zero-order valence-electron chi connectivity index (χ0n) is 11.1. The van der Waals surface area contributed by atoms with Gasteiger partial charge in [0.1, 0.15) is 10.8 Å². The Morgan fingerprint density at radius 3 is 2.95 bits per heavy atom. The summed E-state index contributed by atoms with van der Waals surface area (Å²) in [5.74, 6) is 0.436. The lowest BCUT2D eigenvalue weighted by molar-refractivity contribution is -0.118. The van der Waals surface area contributed by atoms with Crippen molar-refractivity contribution < 1.29 is 9.53 Å². The highest BCUT2D eigenvalue weighted by Gasteiger charge is 2.08. The smallest absolute Gasteiger partial charge is 0.264 e. The molecule has 0 unspecified atom stereocenters. The summed E-state index contributed by atoms with van der Waals surface area (Å²) in [6.07, 6.45) is 2.50. The Kier molecular flexibility index (Phi) is 4.84. The number of anilines is 1. The van der Waals surface area contributed by atoms with E-state index in [4.69, 9.17) is 4.74 Å². The van der Waals surface area contributed by atoms with Crippen LogP contribution in [0.1, 0.15) is 10.6 Å². The van der Waals surface area contributed by atoms with Gasteiger partial charge in [0.05, 0.1) is 0 Å². The van der Waals surface area contributed by atoms with Gasteiger partial charge in [-0.1, -0.05) is 35.6 Å². The first-order valence-corrected chi connectivity index (χ1v) is 6.92. The Morgan fingerprint density at radius 1 is 1.45 bits per heavy atom. The van der Waals surface area contributed by atoms with Crippen molar-refractivity contribution in [2.45, 2.75) is 13.3 Å². The number of ether oxygens (including phenoxy) is 1. The Morgan fingerprint density at radius 2 is 2.25 bits per heavy atom. The molecule has 2 aromatic rings. The van der Waals surface area contributed by atoms with Crippen molar-refractivity contribution in [2.24, 2.45) is 0 Å². The summed E-state index contributed by atoms with van der Waals surface area (Å²) in [6, 6.07) is 7.58. The Hall–Kier alpha value is -2.21. The van der Waals surface area contributed by atoms with Gasteiger partial charge in [0.15, 0.2) is 6.61 Å². The highest BCUT2D eigenvalue weighted by molar-refractivity contribution is 7.15. The molecule has 0 aliphatic carbocycles. The molecule has 2 rings (SSSR count). The molecule has 20 heavy (non-hydrogen) atoms. The van der Waals surface area contributed by atoms with Gasteiger partial charge in [0.25, 0.3) is 5.91 Å². The summed E-state index contributed by atoms with van der Waals surface area (Å²) < 4.78 is 5.53. The molecule has 6 heteroatoms. The van der Waals surface area contributed by atoms with Crippen LogP contribution >= 0.6 is 11.3 Å². The van der Waals surface area contributed by atoms with Crippen LogP contribution in [-0.4, -0.2) is 22.7 Å². The predicted octanol–water partition coefficient (Wildman–Crippen LogP) is 2.59. The lowest BCUT2D eigenvalue weighted by Gasteiger charge is -2.09. The second-order valence-corrected chi connectivity index (χ2v) is 5.25. The van der Waals surface area contributed by atoms with Crippen molar-refractivity contribution in [3.05, 3.63) is 47.5 Å². The number of aromatic nitrogens is 2. The number of rotatable bonds is 6. The van der Waals surface area contributed by atoms with E-state index in [-0.39, 0.29) is 12.5 Å². The van der Waals surface area contributed by atoms with E-state index in [0.29, 0.717) is 17.3 Å². The van der Waals surface area contributed by atoms with Crippen molar-refractivity contribution in [1.82, 2.24) is 10.2 Å². The number of carbonyl (C=O) groups excluding carboxylic acids is 1. The number of nitrogens with one attached hydrogen (secondary N) is 1. The molecule has 0 fully saturated rings. The SMILES string of the molecule is C=CCc1ccccc1OCC(=O)Nc1nnc(C)s1. The molecule has 1 aromatic heterocycles. The average Bonchev–Trinajstić information content (AvgIpc) is 2.83. The van der Waals surface area contributed by atoms with Crippen molar-refractivity contribution in [1.29, 1.82) is 0 Å². The fourth-order valence-electron chi connectivity index (χ4n) is 1.61. The number of carbonyl (C=O) groups is 1. The van der Waals surface area contributed by atoms with Crippen molar-refractivity contribution in [2.75, 3.05) is 11.9 Å². The third-order valence-electron chi connectivity index (χ3n) is 2.47. The minimum absolute atomic E-state index is 0.0627. The van der Waals surface area contributed by atoms with Crippen molar-refractivity contribution in [3.63, 3.8) is 0 Å². The van der Waals surface area contributed by atoms with E-state index in [1.54, 1.807) is 6.08 Å². The van der Waals surface area contributed by atoms with Gasteiger partial charge < -0.3 is 4.74 Å². The van der Waals surface area contributed by atoms with E-state index >= 15 is 0 Å². The van der Waals surface area contributed by atoms with E-state index in [9.17, 15) is 4.79 Å². The number of amides is 1. The Balaban J connectivity index is 1.91. The Bertz CT molecular complexity index is 610. The lowest BCUT2D eigenvalue weighted by Crippen LogP contribution is -2.20. The quantitative estimate of drug-likeness (QED) is 0.830. The topological polar surface area (TPSA) is 64.1 Å². The second kappa shape index (κ2) is 6.81. The largest absolute Gasteiger partial charge is 0.483 e. The Labute approximate surface area is 121 Å². The van der Waals surface area contributed by atoms with Crippen LogP contribution in [0.2, 0.25) is 0 Å². The maximum atomic E-state index is 11.7. The van der Waals surface area contributed by atoms with E-state index in [1.165, 1.54) is 11.3 Å². The van der Waals surface area contributed by atoms with Crippen LogP contribution in [0.15, 0.2) is 36.9 Å². The maximum Gasteiger partial charge on any atom is 0.264 e. The zero-order valence-corrected chi connectivity index (χ0v) is 11.9. The van der Waals surface area contributed by atoms with Crippen LogP contribution in [0.4, 0.5) is 5.13 Å². The second-order valence-electron chi connectivity index (χ2n) is 4.06. The van der Waals surface area contributed by atoms with Crippen LogP contribution < -0.4 is 10.1 Å². The molecule has 0 saturated carbocycles. The molecular formula is C14H15N3O2S. The molecule has 0 radical (unpaired) electrons. The lowest BCUT2D eigenvalue weighted by atomic mass is 10.1. The first-order chi connectivity index (χ1) is 9.69. The molecule has 1 N–H and O–H groups in total. The van der Waals surface area contributed by atoms with Crippen LogP contribution in [0.3, 0.4) is 0 Å². The van der Waals surface area contributed by atoms with E-state index < -0.39 is 0 Å². The molecule has 1 aromatic carbocycles. The molecule has 0 spiro atoms. The first-order valence-electron chi connectivity index (χ1n) is 6.10. The summed E-state index contributed by atoms with van der Waals surface area (Å²) in [4.78, 5) is 11.7. The normalized spacial score (nSPS) is 10.1. The first kappa shape index (κ1) is 14.2. The monoisotopic (exact) mass is 289 g/mol. The fraction of sp³-hybridized carbons (Fsp3) is 0.214. The molecule has 0 atom stereocenters. The molecule has 0 aliphatic heterocycles. The van der Waals surface area contributed by atoms with E-state index in [0.717, 1.165) is 10.6 Å². The predicted molar refractivity (Wildman–Crippen MR) is 79.1 cm³/mol. The number of benzene rings is 1. The van der Waals surface area contributed by atoms with Gasteiger partial charge in [-0.25, -0.2) is 0 Å². The molecule has 1 heterocycles. The number of hydrogen-bond donors (Lipinski definition) is 1. The summed E-state index contributed by atoms with van der Waals surface area (Å²) in [7, 11) is 0. The highest BCUT2D eigenvalue weighted by atomic mass is 32.1. The maximum absolute atomic E-state index is 11.7. The van der Waals surface area contributed by atoms with Gasteiger partial charge >= 0.3 is 0 Å². The summed E-state index contributed by atoms with van der Waals surface area (Å²) in [6.45, 7) is 5.47. The average molecular weight is 289 g/mol. The number of aryl methyl sites for hydroxylation is 1. The number of nitrogens with zero attached hydrogens (tertiary/aromatic N) is 2. The van der Waals surface area contributed by atoms with Crippen LogP contribution in [0, 0.1) is 6.92 Å². The van der Waals surface area contributed by atoms with E-state index in [2.05, 4.69) is 22.1 Å².